The molecule has 1 unspecified atom stereocenters. The van der Waals surface area contributed by atoms with Gasteiger partial charge in [-0.15, -0.1) is 0 Å². The smallest absolute Gasteiger partial charge is 0.338 e. The molecular formula is C31H26ClFN2O5S. The maximum Gasteiger partial charge on any atom is 0.338 e. The van der Waals surface area contributed by atoms with E-state index < -0.39 is 23.4 Å². The number of methoxy groups -OCH3 is 1. The summed E-state index contributed by atoms with van der Waals surface area (Å²) < 4.78 is 32.6. The Morgan fingerprint density at radius 3 is 2.54 bits per heavy atom. The Morgan fingerprint density at radius 1 is 1.07 bits per heavy atom. The second-order valence-electron chi connectivity index (χ2n) is 9.19. The van der Waals surface area contributed by atoms with Crippen molar-refractivity contribution < 1.29 is 23.4 Å². The summed E-state index contributed by atoms with van der Waals surface area (Å²) in [4.78, 5) is 32.0. The van der Waals surface area contributed by atoms with E-state index in [0.717, 1.165) is 16.9 Å². The van der Waals surface area contributed by atoms with Crippen LogP contribution in [0.3, 0.4) is 0 Å². The monoisotopic (exact) mass is 592 g/mol. The van der Waals surface area contributed by atoms with Crippen molar-refractivity contribution >= 4 is 35.0 Å². The number of carbonyl (C=O) groups excluding carboxylic acids is 1. The summed E-state index contributed by atoms with van der Waals surface area (Å²) in [6.07, 6.45) is 1.41. The summed E-state index contributed by atoms with van der Waals surface area (Å²) in [7, 11) is 1.51. The van der Waals surface area contributed by atoms with Gasteiger partial charge in [-0.2, -0.15) is 0 Å². The number of ether oxygens (including phenoxy) is 3. The van der Waals surface area contributed by atoms with E-state index in [-0.39, 0.29) is 33.9 Å². The van der Waals surface area contributed by atoms with Gasteiger partial charge in [0.05, 0.1) is 33.5 Å². The molecule has 5 rings (SSSR count). The zero-order valence-electron chi connectivity index (χ0n) is 22.3. The topological polar surface area (TPSA) is 79.1 Å². The molecule has 1 atom stereocenters. The minimum absolute atomic E-state index is 0.0430. The average Bonchev–Trinajstić information content (AvgIpc) is 3.28. The van der Waals surface area contributed by atoms with Gasteiger partial charge in [-0.05, 0) is 48.4 Å². The maximum absolute atomic E-state index is 14.5. The molecule has 4 aromatic rings. The number of thiazole rings is 1. The molecule has 0 spiro atoms. The molecule has 0 aliphatic carbocycles. The van der Waals surface area contributed by atoms with E-state index in [4.69, 9.17) is 25.8 Å². The molecule has 1 aliphatic heterocycles. The minimum atomic E-state index is -0.831. The fraction of sp³-hybridized carbons (Fsp3) is 0.194. The Balaban J connectivity index is 1.57. The molecule has 7 nitrogen and oxygen atoms in total. The van der Waals surface area contributed by atoms with Crippen LogP contribution in [0.2, 0.25) is 5.02 Å². The van der Waals surface area contributed by atoms with Gasteiger partial charge in [0.1, 0.15) is 24.8 Å². The highest BCUT2D eigenvalue weighted by molar-refractivity contribution is 7.07. The lowest BCUT2D eigenvalue weighted by atomic mass is 9.96. The van der Waals surface area contributed by atoms with Crippen molar-refractivity contribution in [1.82, 2.24) is 4.57 Å². The van der Waals surface area contributed by atoms with Gasteiger partial charge in [-0.1, -0.05) is 71.5 Å². The zero-order chi connectivity index (χ0) is 28.9. The van der Waals surface area contributed by atoms with Crippen LogP contribution in [0.15, 0.2) is 93.9 Å². The molecule has 0 fully saturated rings. The molecule has 0 saturated carbocycles. The van der Waals surface area contributed by atoms with Crippen LogP contribution in [0.1, 0.15) is 29.7 Å². The van der Waals surface area contributed by atoms with Crippen molar-refractivity contribution in [2.45, 2.75) is 19.6 Å². The summed E-state index contributed by atoms with van der Waals surface area (Å²) in [6, 6.07) is 20.5. The average molecular weight is 593 g/mol. The van der Waals surface area contributed by atoms with E-state index in [1.54, 1.807) is 37.3 Å². The fourth-order valence-electron chi connectivity index (χ4n) is 4.46. The third kappa shape index (κ3) is 6.17. The van der Waals surface area contributed by atoms with Gasteiger partial charge in [0, 0.05) is 12.7 Å². The molecule has 3 aromatic carbocycles. The van der Waals surface area contributed by atoms with Crippen molar-refractivity contribution in [3.8, 4) is 5.75 Å². The first-order valence-corrected chi connectivity index (χ1v) is 14.0. The quantitative estimate of drug-likeness (QED) is 0.206. The van der Waals surface area contributed by atoms with Crippen LogP contribution >= 0.6 is 22.9 Å². The molecule has 210 valence electrons. The summed E-state index contributed by atoms with van der Waals surface area (Å²) in [5.41, 5.74) is 1.99. The SMILES string of the molecule is COCCOC(=O)C1=C(C)N=c2s/c(=C\c3c(F)cccc3Cl)c(=O)n2C1c1ccc(OCc2ccccc2)cc1. The highest BCUT2D eigenvalue weighted by Gasteiger charge is 2.33. The predicted octanol–water partition coefficient (Wildman–Crippen LogP) is 4.80. The molecule has 0 amide bonds. The van der Waals surface area contributed by atoms with Crippen LogP contribution in [-0.4, -0.2) is 30.9 Å². The van der Waals surface area contributed by atoms with E-state index in [9.17, 15) is 14.0 Å². The first-order chi connectivity index (χ1) is 19.9. The minimum Gasteiger partial charge on any atom is -0.489 e. The highest BCUT2D eigenvalue weighted by atomic mass is 35.5. The van der Waals surface area contributed by atoms with Crippen molar-refractivity contribution in [3.05, 3.63) is 131 Å². The number of halogens is 2. The maximum atomic E-state index is 14.5. The lowest BCUT2D eigenvalue weighted by Crippen LogP contribution is -2.40. The Labute approximate surface area is 244 Å². The Morgan fingerprint density at radius 2 is 1.83 bits per heavy atom. The standard InChI is InChI=1S/C31H26ClFN2O5S/c1-19-27(30(37)39-16-15-38-2)28(21-11-13-22(14-12-21)40-18-20-7-4-3-5-8-20)35-29(36)26(41-31(35)34-19)17-23-24(32)9-6-10-25(23)33/h3-14,17,28H,15-16,18H2,1-2H3/b26-17-. The Bertz CT molecular complexity index is 1760. The first-order valence-electron chi connectivity index (χ1n) is 12.8. The number of esters is 1. The van der Waals surface area contributed by atoms with Crippen molar-refractivity contribution in [3.63, 3.8) is 0 Å². The Kier molecular flexibility index (Phi) is 8.78. The van der Waals surface area contributed by atoms with E-state index in [1.165, 1.54) is 29.9 Å². The summed E-state index contributed by atoms with van der Waals surface area (Å²) in [5, 5.41) is 0.178. The number of hydrogen-bond donors (Lipinski definition) is 0. The Hall–Kier alpha value is -4.05. The normalized spacial score (nSPS) is 14.9. The van der Waals surface area contributed by atoms with Gasteiger partial charge in [0.2, 0.25) is 0 Å². The van der Waals surface area contributed by atoms with Crippen molar-refractivity contribution in [2.24, 2.45) is 4.99 Å². The van der Waals surface area contributed by atoms with Crippen LogP contribution < -0.4 is 19.6 Å². The largest absolute Gasteiger partial charge is 0.489 e. The number of fused-ring (bicyclic) bond motifs is 1. The number of rotatable bonds is 9. The molecule has 0 N–H and O–H groups in total. The van der Waals surface area contributed by atoms with Crippen LogP contribution in [0.25, 0.3) is 6.08 Å². The molecular weight excluding hydrogens is 567 g/mol. The molecule has 1 aromatic heterocycles. The third-order valence-electron chi connectivity index (χ3n) is 6.48. The van der Waals surface area contributed by atoms with Gasteiger partial charge in [0.25, 0.3) is 5.56 Å². The fourth-order valence-corrected chi connectivity index (χ4v) is 5.71. The van der Waals surface area contributed by atoms with E-state index in [1.807, 2.05) is 30.3 Å². The van der Waals surface area contributed by atoms with Gasteiger partial charge < -0.3 is 14.2 Å². The summed E-state index contributed by atoms with van der Waals surface area (Å²) in [6.45, 7) is 2.35. The number of hydrogen-bond acceptors (Lipinski definition) is 7. The predicted molar refractivity (Wildman–Crippen MR) is 155 cm³/mol. The van der Waals surface area contributed by atoms with E-state index in [0.29, 0.717) is 28.4 Å². The first kappa shape index (κ1) is 28.5. The van der Waals surface area contributed by atoms with Crippen LogP contribution in [0, 0.1) is 5.82 Å². The van der Waals surface area contributed by atoms with Crippen LogP contribution in [0.5, 0.6) is 5.75 Å². The molecule has 2 heterocycles. The number of benzene rings is 3. The molecule has 0 saturated heterocycles. The second-order valence-corrected chi connectivity index (χ2v) is 10.6. The lowest BCUT2D eigenvalue weighted by Gasteiger charge is -2.25. The molecule has 0 bridgehead atoms. The zero-order valence-corrected chi connectivity index (χ0v) is 23.9. The highest BCUT2D eigenvalue weighted by Crippen LogP contribution is 2.32. The summed E-state index contributed by atoms with van der Waals surface area (Å²) in [5.74, 6) is -0.530. The van der Waals surface area contributed by atoms with Crippen molar-refractivity contribution in [2.75, 3.05) is 20.3 Å². The molecule has 0 radical (unpaired) electrons. The van der Waals surface area contributed by atoms with Gasteiger partial charge in [0.15, 0.2) is 4.80 Å². The van der Waals surface area contributed by atoms with Gasteiger partial charge in [-0.3, -0.25) is 9.36 Å². The third-order valence-corrected chi connectivity index (χ3v) is 7.79. The van der Waals surface area contributed by atoms with Crippen LogP contribution in [0.4, 0.5) is 4.39 Å². The molecule has 1 aliphatic rings. The number of allylic oxidation sites excluding steroid dienone is 1. The number of aromatic nitrogens is 1. The second kappa shape index (κ2) is 12.6. The van der Waals surface area contributed by atoms with E-state index >= 15 is 0 Å². The van der Waals surface area contributed by atoms with Gasteiger partial charge >= 0.3 is 5.97 Å². The number of nitrogens with zero attached hydrogens (tertiary/aromatic N) is 2. The van der Waals surface area contributed by atoms with Gasteiger partial charge in [-0.25, -0.2) is 14.2 Å². The molecule has 10 heteroatoms. The summed E-state index contributed by atoms with van der Waals surface area (Å²) >= 11 is 7.31. The van der Waals surface area contributed by atoms with E-state index in [2.05, 4.69) is 4.99 Å². The molecule has 41 heavy (non-hydrogen) atoms. The van der Waals surface area contributed by atoms with Crippen LogP contribution in [-0.2, 0) is 20.9 Å². The van der Waals surface area contributed by atoms with Crippen molar-refractivity contribution in [1.29, 1.82) is 0 Å². The lowest BCUT2D eigenvalue weighted by molar-refractivity contribution is -0.140. The number of carbonyl (C=O) groups is 1.